The number of ether oxygens (including phenoxy) is 1. The van der Waals surface area contributed by atoms with Gasteiger partial charge in [0.25, 0.3) is 0 Å². The largest absolute Gasteiger partial charge is 0.462 e. The summed E-state index contributed by atoms with van der Waals surface area (Å²) in [4.78, 5) is 16.7. The van der Waals surface area contributed by atoms with Gasteiger partial charge >= 0.3 is 5.97 Å². The number of fused-ring (bicyclic) bond motifs is 2. The van der Waals surface area contributed by atoms with Gasteiger partial charge in [0.1, 0.15) is 11.9 Å². The van der Waals surface area contributed by atoms with Crippen molar-refractivity contribution < 1.29 is 13.9 Å². The Hall–Kier alpha value is -2.46. The first-order valence-electron chi connectivity index (χ1n) is 10.5. The van der Waals surface area contributed by atoms with E-state index in [0.717, 1.165) is 42.1 Å². The van der Waals surface area contributed by atoms with E-state index >= 15 is 0 Å². The smallest absolute Gasteiger partial charge is 0.310 e. The van der Waals surface area contributed by atoms with E-state index in [-0.39, 0.29) is 24.3 Å². The summed E-state index contributed by atoms with van der Waals surface area (Å²) in [5, 5.41) is 1.59. The van der Waals surface area contributed by atoms with Crippen molar-refractivity contribution in [3.8, 4) is 0 Å². The summed E-state index contributed by atoms with van der Waals surface area (Å²) in [6.45, 7) is 0. The monoisotopic (exact) mass is 423 g/mol. The summed E-state index contributed by atoms with van der Waals surface area (Å²) in [5.41, 5.74) is 2.96. The number of nitrogens with zero attached hydrogens (tertiary/aromatic N) is 1. The molecule has 5 heteroatoms. The zero-order valence-electron chi connectivity index (χ0n) is 16.6. The summed E-state index contributed by atoms with van der Waals surface area (Å²) >= 11 is 5.90. The van der Waals surface area contributed by atoms with Crippen LogP contribution in [-0.2, 0) is 16.0 Å². The maximum atomic E-state index is 13.8. The molecule has 2 fully saturated rings. The summed E-state index contributed by atoms with van der Waals surface area (Å²) in [5.74, 6) is 1.13. The van der Waals surface area contributed by atoms with Crippen LogP contribution in [0.5, 0.6) is 0 Å². The van der Waals surface area contributed by atoms with Gasteiger partial charge in [0.15, 0.2) is 0 Å². The van der Waals surface area contributed by atoms with Gasteiger partial charge in [0, 0.05) is 16.6 Å². The molecule has 0 aliphatic heterocycles. The van der Waals surface area contributed by atoms with E-state index in [9.17, 15) is 9.18 Å². The number of carbonyl (C=O) groups excluding carboxylic acids is 1. The molecule has 4 atom stereocenters. The number of hydrogen-bond donors (Lipinski definition) is 0. The molecule has 2 aromatic carbocycles. The molecule has 2 unspecified atom stereocenters. The van der Waals surface area contributed by atoms with E-state index in [4.69, 9.17) is 16.3 Å². The number of benzene rings is 2. The van der Waals surface area contributed by atoms with Crippen LogP contribution < -0.4 is 0 Å². The van der Waals surface area contributed by atoms with Crippen LogP contribution in [0.25, 0.3) is 10.9 Å². The lowest BCUT2D eigenvalue weighted by molar-refractivity contribution is -0.148. The molecular weight excluding hydrogens is 401 g/mol. The van der Waals surface area contributed by atoms with E-state index in [1.54, 1.807) is 24.3 Å². The Morgan fingerprint density at radius 2 is 1.77 bits per heavy atom. The van der Waals surface area contributed by atoms with Crippen LogP contribution in [0.4, 0.5) is 4.39 Å². The second kappa shape index (κ2) is 7.99. The average molecular weight is 424 g/mol. The molecule has 0 amide bonds. The number of carbonyl (C=O) groups is 1. The van der Waals surface area contributed by atoms with Crippen molar-refractivity contribution in [1.29, 1.82) is 0 Å². The van der Waals surface area contributed by atoms with E-state index in [0.29, 0.717) is 22.8 Å². The van der Waals surface area contributed by atoms with Gasteiger partial charge in [-0.2, -0.15) is 0 Å². The van der Waals surface area contributed by atoms with Crippen LogP contribution in [0.2, 0.25) is 5.02 Å². The van der Waals surface area contributed by atoms with Crippen molar-refractivity contribution in [3.05, 3.63) is 76.7 Å². The normalized spacial score (nSPS) is 25.4. The number of pyridine rings is 1. The summed E-state index contributed by atoms with van der Waals surface area (Å²) in [6.07, 6.45) is 6.07. The Balaban J connectivity index is 1.21. The Bertz CT molecular complexity index is 1070. The van der Waals surface area contributed by atoms with Crippen molar-refractivity contribution in [2.75, 3.05) is 0 Å². The van der Waals surface area contributed by atoms with Crippen LogP contribution in [-0.4, -0.2) is 17.1 Å². The minimum absolute atomic E-state index is 0.00683. The molecule has 0 bridgehead atoms. The SMILES string of the molecule is O=C(Cc1ccc(Cl)cc1)OC1C[C@@H]2CC(c3ccnc4ccc(F)cc34)C[C@@H]2C1. The minimum atomic E-state index is -0.220. The first-order valence-corrected chi connectivity index (χ1v) is 10.9. The fourth-order valence-corrected chi connectivity index (χ4v) is 5.53. The quantitative estimate of drug-likeness (QED) is 0.477. The molecule has 0 radical (unpaired) electrons. The van der Waals surface area contributed by atoms with E-state index < -0.39 is 0 Å². The Kier molecular flexibility index (Phi) is 5.20. The highest BCUT2D eigenvalue weighted by Crippen LogP contribution is 2.52. The van der Waals surface area contributed by atoms with Crippen molar-refractivity contribution in [3.63, 3.8) is 0 Å². The highest BCUT2D eigenvalue weighted by atomic mass is 35.5. The molecule has 0 N–H and O–H groups in total. The van der Waals surface area contributed by atoms with E-state index in [1.165, 1.54) is 11.6 Å². The second-order valence-corrected chi connectivity index (χ2v) is 9.07. The number of esters is 1. The molecule has 2 aliphatic carbocycles. The molecule has 2 saturated carbocycles. The van der Waals surface area contributed by atoms with Crippen molar-refractivity contribution in [2.45, 2.75) is 44.1 Å². The van der Waals surface area contributed by atoms with Gasteiger partial charge in [0.05, 0.1) is 11.9 Å². The minimum Gasteiger partial charge on any atom is -0.462 e. The van der Waals surface area contributed by atoms with E-state index in [2.05, 4.69) is 4.98 Å². The third-order valence-corrected chi connectivity index (χ3v) is 6.96. The summed E-state index contributed by atoms with van der Waals surface area (Å²) in [7, 11) is 0. The molecule has 1 heterocycles. The first-order chi connectivity index (χ1) is 14.5. The molecule has 3 nitrogen and oxygen atoms in total. The molecule has 0 saturated heterocycles. The van der Waals surface area contributed by atoms with Gasteiger partial charge in [-0.15, -0.1) is 0 Å². The lowest BCUT2D eigenvalue weighted by Crippen LogP contribution is -2.18. The van der Waals surface area contributed by atoms with Gasteiger partial charge in [0.2, 0.25) is 0 Å². The second-order valence-electron chi connectivity index (χ2n) is 8.64. The van der Waals surface area contributed by atoms with Crippen LogP contribution in [0, 0.1) is 17.7 Å². The standard InChI is InChI=1S/C25H23ClFNO2/c26-19-3-1-15(2-4-19)9-25(29)30-21-12-16-10-18(11-17(16)13-21)22-7-8-28-24-6-5-20(27)14-23(22)24/h1-8,14,16-18,21H,9-13H2/t16-,17+,18?,21?. The molecule has 154 valence electrons. The zero-order valence-corrected chi connectivity index (χ0v) is 17.3. The maximum absolute atomic E-state index is 13.8. The highest BCUT2D eigenvalue weighted by molar-refractivity contribution is 6.30. The fourth-order valence-electron chi connectivity index (χ4n) is 5.40. The third-order valence-electron chi connectivity index (χ3n) is 6.71. The first kappa shape index (κ1) is 19.5. The Morgan fingerprint density at radius 3 is 2.50 bits per heavy atom. The van der Waals surface area contributed by atoms with Crippen LogP contribution in [0.3, 0.4) is 0 Å². The summed E-state index contributed by atoms with van der Waals surface area (Å²) < 4.78 is 19.6. The molecule has 1 aromatic heterocycles. The van der Waals surface area contributed by atoms with Crippen molar-refractivity contribution in [1.82, 2.24) is 4.98 Å². The fraction of sp³-hybridized carbons (Fsp3) is 0.360. The average Bonchev–Trinajstić information content (AvgIpc) is 3.27. The van der Waals surface area contributed by atoms with Gasteiger partial charge in [-0.1, -0.05) is 23.7 Å². The van der Waals surface area contributed by atoms with Gasteiger partial charge in [-0.25, -0.2) is 4.39 Å². The van der Waals surface area contributed by atoms with Crippen LogP contribution >= 0.6 is 11.6 Å². The number of halogens is 2. The van der Waals surface area contributed by atoms with Gasteiger partial charge in [-0.05, 0) is 91.0 Å². The number of rotatable bonds is 4. The highest BCUT2D eigenvalue weighted by Gasteiger charge is 2.43. The topological polar surface area (TPSA) is 39.2 Å². The number of hydrogen-bond acceptors (Lipinski definition) is 3. The zero-order chi connectivity index (χ0) is 20.7. The van der Waals surface area contributed by atoms with Crippen LogP contribution in [0.1, 0.15) is 42.7 Å². The Labute approximate surface area is 180 Å². The molecule has 3 aromatic rings. The van der Waals surface area contributed by atoms with Gasteiger partial charge < -0.3 is 4.74 Å². The van der Waals surface area contributed by atoms with Gasteiger partial charge in [-0.3, -0.25) is 9.78 Å². The Morgan fingerprint density at radius 1 is 1.03 bits per heavy atom. The molecule has 30 heavy (non-hydrogen) atoms. The van der Waals surface area contributed by atoms with Crippen molar-refractivity contribution >= 4 is 28.5 Å². The number of aromatic nitrogens is 1. The lowest BCUT2D eigenvalue weighted by Gasteiger charge is -2.17. The van der Waals surface area contributed by atoms with E-state index in [1.807, 2.05) is 24.4 Å². The third kappa shape index (κ3) is 3.93. The van der Waals surface area contributed by atoms with Crippen molar-refractivity contribution in [2.24, 2.45) is 11.8 Å². The predicted octanol–water partition coefficient (Wildman–Crippen LogP) is 6.09. The molecule has 0 spiro atoms. The molecule has 2 aliphatic rings. The maximum Gasteiger partial charge on any atom is 0.310 e. The molecular formula is C25H23ClFNO2. The predicted molar refractivity (Wildman–Crippen MR) is 115 cm³/mol. The molecule has 5 rings (SSSR count). The summed E-state index contributed by atoms with van der Waals surface area (Å²) in [6, 6.07) is 14.2. The lowest BCUT2D eigenvalue weighted by atomic mass is 9.92. The van der Waals surface area contributed by atoms with Crippen LogP contribution in [0.15, 0.2) is 54.7 Å².